The van der Waals surface area contributed by atoms with Gasteiger partial charge in [-0.15, -0.1) is 11.3 Å². The predicted molar refractivity (Wildman–Crippen MR) is 74.7 cm³/mol. The van der Waals surface area contributed by atoms with E-state index >= 15 is 0 Å². The van der Waals surface area contributed by atoms with Crippen LogP contribution in [0.5, 0.6) is 0 Å². The zero-order valence-electron chi connectivity index (χ0n) is 10.5. The molecule has 96 valence electrons. The third-order valence-corrected chi connectivity index (χ3v) is 3.51. The average Bonchev–Trinajstić information content (AvgIpc) is 2.95. The van der Waals surface area contributed by atoms with E-state index in [1.807, 2.05) is 38.1 Å². The highest BCUT2D eigenvalue weighted by Gasteiger charge is 2.12. The summed E-state index contributed by atoms with van der Waals surface area (Å²) in [6, 6.07) is 7.57. The molecule has 0 amide bonds. The number of aromatic nitrogens is 3. The third kappa shape index (κ3) is 2.34. The Morgan fingerprint density at radius 1 is 1.11 bits per heavy atom. The molecule has 0 bridgehead atoms. The van der Waals surface area contributed by atoms with Crippen LogP contribution in [-0.2, 0) is 0 Å². The average molecular weight is 272 g/mol. The maximum Gasteiger partial charge on any atom is 0.268 e. The largest absolute Gasteiger partial charge is 0.391 e. The highest BCUT2D eigenvalue weighted by Crippen LogP contribution is 2.29. The summed E-state index contributed by atoms with van der Waals surface area (Å²) in [7, 11) is 0. The molecule has 6 heteroatoms. The van der Waals surface area contributed by atoms with E-state index in [1.54, 1.807) is 0 Å². The van der Waals surface area contributed by atoms with E-state index < -0.39 is 0 Å². The van der Waals surface area contributed by atoms with Crippen LogP contribution in [0.4, 0.5) is 5.00 Å². The van der Waals surface area contributed by atoms with Crippen LogP contribution in [0.15, 0.2) is 28.8 Å². The topological polar surface area (TPSA) is 77.8 Å². The molecule has 19 heavy (non-hydrogen) atoms. The fourth-order valence-corrected chi connectivity index (χ4v) is 2.57. The van der Waals surface area contributed by atoms with E-state index in [2.05, 4.69) is 15.1 Å². The van der Waals surface area contributed by atoms with E-state index in [0.29, 0.717) is 11.7 Å². The van der Waals surface area contributed by atoms with Gasteiger partial charge in [-0.25, -0.2) is 0 Å². The lowest BCUT2D eigenvalue weighted by Crippen LogP contribution is -1.89. The fraction of sp³-hybridized carbons (Fsp3) is 0.154. The van der Waals surface area contributed by atoms with E-state index in [-0.39, 0.29) is 0 Å². The zero-order chi connectivity index (χ0) is 13.4. The molecule has 0 aromatic carbocycles. The Morgan fingerprint density at radius 3 is 2.47 bits per heavy atom. The number of rotatable bonds is 2. The molecule has 0 saturated carbocycles. The molecular weight excluding hydrogens is 260 g/mol. The third-order valence-electron chi connectivity index (χ3n) is 2.60. The monoisotopic (exact) mass is 272 g/mol. The van der Waals surface area contributed by atoms with E-state index in [1.165, 1.54) is 11.3 Å². The van der Waals surface area contributed by atoms with Crippen molar-refractivity contribution in [2.45, 2.75) is 13.8 Å². The quantitative estimate of drug-likeness (QED) is 0.775. The van der Waals surface area contributed by atoms with Crippen molar-refractivity contribution < 1.29 is 4.52 Å². The van der Waals surface area contributed by atoms with Crippen molar-refractivity contribution >= 4 is 16.3 Å². The highest BCUT2D eigenvalue weighted by molar-refractivity contribution is 7.19. The van der Waals surface area contributed by atoms with Crippen molar-refractivity contribution in [1.29, 1.82) is 0 Å². The van der Waals surface area contributed by atoms with Gasteiger partial charge in [0.25, 0.3) is 5.89 Å². The number of aryl methyl sites for hydroxylation is 2. The normalized spacial score (nSPS) is 10.8. The summed E-state index contributed by atoms with van der Waals surface area (Å²) >= 11 is 1.42. The summed E-state index contributed by atoms with van der Waals surface area (Å²) in [6.07, 6.45) is 0. The molecule has 3 heterocycles. The first-order valence-corrected chi connectivity index (χ1v) is 6.58. The predicted octanol–water partition coefficient (Wildman–Crippen LogP) is 3.06. The molecule has 3 aromatic rings. The molecule has 3 rings (SSSR count). The van der Waals surface area contributed by atoms with Gasteiger partial charge in [0.1, 0.15) is 0 Å². The van der Waals surface area contributed by atoms with Crippen LogP contribution in [-0.4, -0.2) is 15.1 Å². The van der Waals surface area contributed by atoms with Crippen LogP contribution in [0.1, 0.15) is 11.4 Å². The van der Waals surface area contributed by atoms with Gasteiger partial charge in [-0.2, -0.15) is 4.98 Å². The zero-order valence-corrected chi connectivity index (χ0v) is 11.4. The van der Waals surface area contributed by atoms with Gasteiger partial charge in [-0.1, -0.05) is 5.16 Å². The van der Waals surface area contributed by atoms with Gasteiger partial charge in [-0.3, -0.25) is 4.98 Å². The van der Waals surface area contributed by atoms with Gasteiger partial charge in [-0.05, 0) is 38.1 Å². The second kappa shape index (κ2) is 4.47. The maximum atomic E-state index is 5.69. The minimum atomic E-state index is 0.490. The second-order valence-electron chi connectivity index (χ2n) is 4.26. The van der Waals surface area contributed by atoms with Crippen molar-refractivity contribution in [2.24, 2.45) is 0 Å². The standard InChI is InChI=1S/C13H12N4OS/c1-7-5-9(6-8(2)15-7)12-16-13(18-17-12)10-3-4-11(14)19-10/h3-6H,14H2,1-2H3. The lowest BCUT2D eigenvalue weighted by Gasteiger charge is -1.98. The number of nitrogens with two attached hydrogens (primary N) is 1. The van der Waals surface area contributed by atoms with Gasteiger partial charge in [0, 0.05) is 17.0 Å². The SMILES string of the molecule is Cc1cc(-c2noc(-c3ccc(N)s3)n2)cc(C)n1. The summed E-state index contributed by atoms with van der Waals surface area (Å²) in [4.78, 5) is 9.60. The van der Waals surface area contributed by atoms with E-state index in [4.69, 9.17) is 10.3 Å². The molecular formula is C13H12N4OS. The molecule has 0 aliphatic heterocycles. The molecule has 5 nitrogen and oxygen atoms in total. The molecule has 0 unspecified atom stereocenters. The summed E-state index contributed by atoms with van der Waals surface area (Å²) in [5.74, 6) is 1.05. The molecule has 0 fully saturated rings. The number of pyridine rings is 1. The summed E-state index contributed by atoms with van der Waals surface area (Å²) in [6.45, 7) is 3.88. The van der Waals surface area contributed by atoms with E-state index in [0.717, 1.165) is 26.8 Å². The molecule has 0 saturated heterocycles. The maximum absolute atomic E-state index is 5.69. The van der Waals surface area contributed by atoms with Crippen LogP contribution in [0.25, 0.3) is 22.2 Å². The van der Waals surface area contributed by atoms with Crippen molar-refractivity contribution in [2.75, 3.05) is 5.73 Å². The summed E-state index contributed by atoms with van der Waals surface area (Å²) < 4.78 is 5.27. The van der Waals surface area contributed by atoms with Gasteiger partial charge in [0.05, 0.1) is 9.88 Å². The van der Waals surface area contributed by atoms with Crippen molar-refractivity contribution in [1.82, 2.24) is 15.1 Å². The van der Waals surface area contributed by atoms with Crippen LogP contribution in [0.2, 0.25) is 0 Å². The Kier molecular flexibility index (Phi) is 2.79. The van der Waals surface area contributed by atoms with Crippen LogP contribution in [0, 0.1) is 13.8 Å². The number of anilines is 1. The molecule has 0 aliphatic carbocycles. The Labute approximate surface area is 114 Å². The van der Waals surface area contributed by atoms with Gasteiger partial charge in [0.2, 0.25) is 5.82 Å². The molecule has 0 atom stereocenters. The lowest BCUT2D eigenvalue weighted by molar-refractivity contribution is 0.433. The first kappa shape index (κ1) is 11.9. The Hall–Kier alpha value is -2.21. The number of hydrogen-bond acceptors (Lipinski definition) is 6. The van der Waals surface area contributed by atoms with Crippen LogP contribution in [0.3, 0.4) is 0 Å². The highest BCUT2D eigenvalue weighted by atomic mass is 32.1. The Bertz CT molecular complexity index is 712. The number of hydrogen-bond donors (Lipinski definition) is 1. The summed E-state index contributed by atoms with van der Waals surface area (Å²) in [5, 5.41) is 4.73. The minimum absolute atomic E-state index is 0.490. The summed E-state index contributed by atoms with van der Waals surface area (Å²) in [5.41, 5.74) is 8.47. The first-order valence-electron chi connectivity index (χ1n) is 5.77. The number of thiophene rings is 1. The van der Waals surface area contributed by atoms with Crippen molar-refractivity contribution in [3.05, 3.63) is 35.7 Å². The van der Waals surface area contributed by atoms with Gasteiger partial charge in [0.15, 0.2) is 0 Å². The van der Waals surface area contributed by atoms with Crippen LogP contribution < -0.4 is 5.73 Å². The van der Waals surface area contributed by atoms with Crippen molar-refractivity contribution in [3.8, 4) is 22.2 Å². The lowest BCUT2D eigenvalue weighted by atomic mass is 10.2. The van der Waals surface area contributed by atoms with Gasteiger partial charge < -0.3 is 10.3 Å². The molecule has 2 N–H and O–H groups in total. The number of nitrogen functional groups attached to an aromatic ring is 1. The van der Waals surface area contributed by atoms with Crippen LogP contribution >= 0.6 is 11.3 Å². The fourth-order valence-electron chi connectivity index (χ4n) is 1.87. The molecule has 0 aliphatic rings. The smallest absolute Gasteiger partial charge is 0.268 e. The molecule has 0 radical (unpaired) electrons. The molecule has 3 aromatic heterocycles. The number of nitrogens with zero attached hydrogens (tertiary/aromatic N) is 3. The Balaban J connectivity index is 2.01. The minimum Gasteiger partial charge on any atom is -0.391 e. The van der Waals surface area contributed by atoms with Gasteiger partial charge >= 0.3 is 0 Å². The Morgan fingerprint density at radius 2 is 1.84 bits per heavy atom. The van der Waals surface area contributed by atoms with Crippen molar-refractivity contribution in [3.63, 3.8) is 0 Å². The second-order valence-corrected chi connectivity index (χ2v) is 5.38. The first-order chi connectivity index (χ1) is 9.11. The van der Waals surface area contributed by atoms with E-state index in [9.17, 15) is 0 Å². The molecule has 0 spiro atoms.